The smallest absolute Gasteiger partial charge is 0.534 e. The highest BCUT2D eigenvalue weighted by Crippen LogP contribution is 2.41. The molecule has 0 unspecified atom stereocenters. The number of likely N-dealkylation sites (tertiary alicyclic amines) is 1. The number of aromatic hydroxyl groups is 3. The molecule has 3 aromatic carbocycles. The van der Waals surface area contributed by atoms with Crippen molar-refractivity contribution in [3.05, 3.63) is 80.1 Å². The van der Waals surface area contributed by atoms with Crippen LogP contribution in [0.1, 0.15) is 50.7 Å². The van der Waals surface area contributed by atoms with Crippen LogP contribution in [0.3, 0.4) is 0 Å². The summed E-state index contributed by atoms with van der Waals surface area (Å²) in [6.45, 7) is 0.134. The van der Waals surface area contributed by atoms with E-state index in [1.54, 1.807) is 0 Å². The molecule has 7 N–H and O–H groups in total. The second-order valence-electron chi connectivity index (χ2n) is 12.8. The second-order valence-corrected chi connectivity index (χ2v) is 13.5. The number of carboxylic acid groups (broad SMARTS) is 1. The first kappa shape index (κ1) is 39.1. The normalized spacial score (nSPS) is 17.8. The molecule has 3 heterocycles. The van der Waals surface area contributed by atoms with Crippen molar-refractivity contribution in [2.24, 2.45) is 0 Å². The van der Waals surface area contributed by atoms with Crippen molar-refractivity contribution < 1.29 is 67.2 Å². The van der Waals surface area contributed by atoms with E-state index >= 15 is 0 Å². The Kier molecular flexibility index (Phi) is 10.9. The zero-order valence-corrected chi connectivity index (χ0v) is 29.6. The van der Waals surface area contributed by atoms with Gasteiger partial charge in [-0.1, -0.05) is 29.3 Å². The van der Waals surface area contributed by atoms with E-state index in [9.17, 15) is 62.6 Å². The lowest BCUT2D eigenvalue weighted by molar-refractivity contribution is -0.123. The van der Waals surface area contributed by atoms with Crippen molar-refractivity contribution in [1.29, 1.82) is 0 Å². The average molecular weight is 810 g/mol. The summed E-state index contributed by atoms with van der Waals surface area (Å²) in [6.07, 6.45) is 0.218. The standard InChI is InChI=1S/C33H29BCl2F3N5O11/c35-22-15(2-4-18(38)25(22)45)30(49)42-7-5-14(6-8-42)43-9-10-44(33(43)53)32(52)41-24(16-12-19(39)26(46)27(47)23(16)36)29(48)40-20-11-13-1-3-17(37)21(31(50)51)28(13)55-34(20)54/h1-4,12,14,20,24,45-47,54H,5-11H2,(H,40,48)(H,41,52)(H,50,51)/t20-,24+/m0/s1. The number of benzene rings is 3. The van der Waals surface area contributed by atoms with Gasteiger partial charge in [0.15, 0.2) is 28.9 Å². The van der Waals surface area contributed by atoms with Crippen molar-refractivity contribution in [2.75, 3.05) is 26.2 Å². The number of amides is 6. The highest BCUT2D eigenvalue weighted by molar-refractivity contribution is 6.47. The summed E-state index contributed by atoms with van der Waals surface area (Å²) >= 11 is 12.2. The minimum atomic E-state index is -1.99. The second kappa shape index (κ2) is 15.3. The fraction of sp³-hybridized carbons (Fsp3) is 0.303. The van der Waals surface area contributed by atoms with Crippen LogP contribution in [-0.2, 0) is 11.2 Å². The number of nitrogens with zero attached hydrogens (tertiary/aromatic N) is 3. The lowest BCUT2D eigenvalue weighted by atomic mass is 9.72. The minimum absolute atomic E-state index is 0.0404. The summed E-state index contributed by atoms with van der Waals surface area (Å²) in [5.74, 6) is -12.1. The predicted octanol–water partition coefficient (Wildman–Crippen LogP) is 3.16. The molecular weight excluding hydrogens is 781 g/mol. The number of phenolic OH excluding ortho intramolecular Hbond substituents is 3. The van der Waals surface area contributed by atoms with Crippen LogP contribution < -0.4 is 15.3 Å². The maximum Gasteiger partial charge on any atom is 0.547 e. The van der Waals surface area contributed by atoms with Crippen LogP contribution in [0.4, 0.5) is 22.8 Å². The van der Waals surface area contributed by atoms with Crippen molar-refractivity contribution in [2.45, 2.75) is 37.3 Å². The molecule has 2 saturated heterocycles. The molecule has 0 bridgehead atoms. The number of nitrogens with one attached hydrogen (secondary N) is 2. The number of rotatable bonds is 7. The fourth-order valence-corrected chi connectivity index (χ4v) is 7.17. The zero-order valence-electron chi connectivity index (χ0n) is 28.1. The van der Waals surface area contributed by atoms with Gasteiger partial charge < -0.3 is 50.5 Å². The molecule has 0 aromatic heterocycles. The lowest BCUT2D eigenvalue weighted by Gasteiger charge is -2.36. The summed E-state index contributed by atoms with van der Waals surface area (Å²) in [6, 6.07) is 0.231. The Hall–Kier alpha value is -5.60. The maximum atomic E-state index is 14.7. The van der Waals surface area contributed by atoms with Crippen LogP contribution in [0, 0.1) is 17.5 Å². The van der Waals surface area contributed by atoms with Gasteiger partial charge in [0.25, 0.3) is 5.91 Å². The van der Waals surface area contributed by atoms with Gasteiger partial charge in [0, 0.05) is 37.8 Å². The fourth-order valence-electron chi connectivity index (χ4n) is 6.68. The molecule has 3 aromatic rings. The first-order chi connectivity index (χ1) is 26.0. The highest BCUT2D eigenvalue weighted by Gasteiger charge is 2.43. The number of piperidine rings is 1. The molecule has 0 aliphatic carbocycles. The summed E-state index contributed by atoms with van der Waals surface area (Å²) in [7, 11) is -1.96. The van der Waals surface area contributed by atoms with Gasteiger partial charge >= 0.3 is 25.1 Å². The molecule has 22 heteroatoms. The third kappa shape index (κ3) is 7.31. The van der Waals surface area contributed by atoms with Crippen molar-refractivity contribution in [1.82, 2.24) is 25.3 Å². The summed E-state index contributed by atoms with van der Waals surface area (Å²) in [5, 5.41) is 53.4. The number of phenols is 3. The van der Waals surface area contributed by atoms with E-state index in [-0.39, 0.29) is 56.6 Å². The van der Waals surface area contributed by atoms with Gasteiger partial charge in [0.2, 0.25) is 5.91 Å². The van der Waals surface area contributed by atoms with E-state index in [2.05, 4.69) is 10.6 Å². The number of aromatic carboxylic acids is 1. The molecule has 6 rings (SSSR count). The van der Waals surface area contributed by atoms with Crippen LogP contribution in [0.15, 0.2) is 30.3 Å². The molecule has 55 heavy (non-hydrogen) atoms. The van der Waals surface area contributed by atoms with E-state index in [1.165, 1.54) is 15.9 Å². The van der Waals surface area contributed by atoms with Gasteiger partial charge in [-0.3, -0.25) is 9.59 Å². The van der Waals surface area contributed by atoms with Crippen molar-refractivity contribution in [3.63, 3.8) is 0 Å². The number of carbonyl (C=O) groups is 5. The number of carboxylic acids is 1. The SMILES string of the molecule is O=C(O)c1c(F)ccc2c1OB(O)[C@@H](NC(=O)[C@H](NC(=O)N1CCN(C3CCN(C(=O)c4ccc(F)c(O)c4Cl)CC3)C1=O)c1cc(F)c(O)c(O)c1Cl)C2. The first-order valence-electron chi connectivity index (χ1n) is 16.4. The van der Waals surface area contributed by atoms with Gasteiger partial charge in [-0.15, -0.1) is 0 Å². The number of carbonyl (C=O) groups excluding carboxylic acids is 4. The van der Waals surface area contributed by atoms with Crippen LogP contribution in [-0.4, -0.2) is 115 Å². The quantitative estimate of drug-likeness (QED) is 0.135. The maximum absolute atomic E-state index is 14.7. The number of hydrogen-bond donors (Lipinski definition) is 7. The number of imide groups is 1. The van der Waals surface area contributed by atoms with Crippen molar-refractivity contribution >= 4 is 60.2 Å². The van der Waals surface area contributed by atoms with E-state index in [4.69, 9.17) is 27.9 Å². The van der Waals surface area contributed by atoms with Crippen molar-refractivity contribution in [3.8, 4) is 23.0 Å². The first-order valence-corrected chi connectivity index (χ1v) is 17.2. The molecule has 3 aliphatic heterocycles. The molecule has 6 amide bonds. The zero-order chi connectivity index (χ0) is 40.0. The van der Waals surface area contributed by atoms with Gasteiger partial charge in [-0.2, -0.15) is 0 Å². The molecule has 3 aliphatic rings. The monoisotopic (exact) mass is 809 g/mol. The third-order valence-electron chi connectivity index (χ3n) is 9.56. The largest absolute Gasteiger partial charge is 0.547 e. The summed E-state index contributed by atoms with van der Waals surface area (Å²) in [5.41, 5.74) is -1.46. The molecule has 2 fully saturated rings. The highest BCUT2D eigenvalue weighted by atomic mass is 35.5. The number of fused-ring (bicyclic) bond motifs is 1. The number of halogens is 5. The summed E-state index contributed by atoms with van der Waals surface area (Å²) in [4.78, 5) is 69.1. The molecule has 0 saturated carbocycles. The third-order valence-corrected chi connectivity index (χ3v) is 10.3. The Morgan fingerprint density at radius 2 is 1.56 bits per heavy atom. The van der Waals surface area contributed by atoms with E-state index in [0.717, 1.165) is 23.1 Å². The lowest BCUT2D eigenvalue weighted by Crippen LogP contribution is -2.56. The van der Waals surface area contributed by atoms with Gasteiger partial charge in [0.1, 0.15) is 23.2 Å². The minimum Gasteiger partial charge on any atom is -0.534 e. The van der Waals surface area contributed by atoms with E-state index in [0.29, 0.717) is 6.07 Å². The molecule has 290 valence electrons. The molecule has 0 spiro atoms. The number of hydrogen-bond acceptors (Lipinski definition) is 10. The average Bonchev–Trinajstić information content (AvgIpc) is 3.54. The Morgan fingerprint density at radius 1 is 0.891 bits per heavy atom. The van der Waals surface area contributed by atoms with Crippen LogP contribution in [0.5, 0.6) is 23.0 Å². The van der Waals surface area contributed by atoms with E-state index in [1.807, 2.05) is 0 Å². The topological polar surface area (TPSA) is 230 Å². The number of urea groups is 2. The Balaban J connectivity index is 1.17. The van der Waals surface area contributed by atoms with Gasteiger partial charge in [-0.25, -0.2) is 32.5 Å². The van der Waals surface area contributed by atoms with Crippen LogP contribution in [0.25, 0.3) is 0 Å². The van der Waals surface area contributed by atoms with Gasteiger partial charge in [-0.05, 0) is 49.1 Å². The van der Waals surface area contributed by atoms with E-state index < -0.39 is 117 Å². The molecule has 2 atom stereocenters. The van der Waals surface area contributed by atoms with Gasteiger partial charge in [0.05, 0.1) is 21.5 Å². The Morgan fingerprint density at radius 3 is 2.24 bits per heavy atom. The van der Waals surface area contributed by atoms with Crippen LogP contribution >= 0.6 is 23.2 Å². The summed E-state index contributed by atoms with van der Waals surface area (Å²) < 4.78 is 47.8. The Labute approximate surface area is 318 Å². The predicted molar refractivity (Wildman–Crippen MR) is 184 cm³/mol. The van der Waals surface area contributed by atoms with Crippen LogP contribution in [0.2, 0.25) is 10.0 Å². The molecule has 16 nitrogen and oxygen atoms in total. The molecular formula is C33H29BCl2F3N5O11. The Bertz CT molecular complexity index is 2130. The molecule has 0 radical (unpaired) electrons.